The summed E-state index contributed by atoms with van der Waals surface area (Å²) in [6.07, 6.45) is -8.13. The first kappa shape index (κ1) is 10.6. The molecule has 0 amide bonds. The maximum Gasteiger partial charge on any atom is 0.513 e. The Labute approximate surface area is 65.2 Å². The van der Waals surface area contributed by atoms with E-state index in [0.29, 0.717) is 0 Å². The summed E-state index contributed by atoms with van der Waals surface area (Å²) >= 11 is 0. The van der Waals surface area contributed by atoms with Crippen LogP contribution in [-0.4, -0.2) is 24.0 Å². The van der Waals surface area contributed by atoms with E-state index in [2.05, 4.69) is 16.1 Å². The normalized spacial score (nSPS) is 12.3. The second kappa shape index (κ2) is 4.47. The van der Waals surface area contributed by atoms with Crippen molar-refractivity contribution in [3.63, 3.8) is 0 Å². The summed E-state index contributed by atoms with van der Waals surface area (Å²) in [4.78, 5) is 9.69. The fourth-order valence-electron chi connectivity index (χ4n) is 0.298. The van der Waals surface area contributed by atoms with Gasteiger partial charge in [0, 0.05) is 0 Å². The molecule has 0 aromatic rings. The maximum atomic E-state index is 11.9. The molecular formula is C5H5F3O4. The van der Waals surface area contributed by atoms with Gasteiger partial charge >= 0.3 is 18.9 Å². The van der Waals surface area contributed by atoms with Gasteiger partial charge in [-0.05, 0) is 6.58 Å². The van der Waals surface area contributed by atoms with E-state index in [9.17, 15) is 18.0 Å². The summed E-state index contributed by atoms with van der Waals surface area (Å²) in [7, 11) is 0. The Morgan fingerprint density at radius 2 is 1.92 bits per heavy atom. The highest BCUT2D eigenvalue weighted by Crippen LogP contribution is 2.11. The number of hydrogen-bond acceptors (Lipinski definition) is 3. The van der Waals surface area contributed by atoms with Crippen molar-refractivity contribution >= 4 is 6.16 Å². The Morgan fingerprint density at radius 3 is 2.25 bits per heavy atom. The van der Waals surface area contributed by atoms with Gasteiger partial charge in [-0.3, -0.25) is 0 Å². The fourth-order valence-corrected chi connectivity index (χ4v) is 0.298. The van der Waals surface area contributed by atoms with Crippen LogP contribution >= 0.6 is 0 Å². The molecule has 1 N–H and O–H groups in total. The van der Waals surface area contributed by atoms with Crippen LogP contribution in [-0.2, 0) is 9.47 Å². The zero-order valence-corrected chi connectivity index (χ0v) is 5.67. The zero-order chi connectivity index (χ0) is 9.72. The van der Waals surface area contributed by atoms with Crippen molar-refractivity contribution in [3.8, 4) is 0 Å². The lowest BCUT2D eigenvalue weighted by Crippen LogP contribution is -2.17. The number of rotatable bonds is 4. The first-order chi connectivity index (χ1) is 5.43. The Kier molecular flexibility index (Phi) is 3.95. The third kappa shape index (κ3) is 4.42. The molecule has 0 fully saturated rings. The van der Waals surface area contributed by atoms with Gasteiger partial charge in [0.1, 0.15) is 0 Å². The molecule has 0 heterocycles. The average molecular weight is 186 g/mol. The molecular weight excluding hydrogens is 181 g/mol. The summed E-state index contributed by atoms with van der Waals surface area (Å²) in [6.45, 7) is 2.72. The van der Waals surface area contributed by atoms with E-state index in [1.807, 2.05) is 0 Å². The molecule has 1 unspecified atom stereocenters. The minimum absolute atomic E-state index is 1.03. The summed E-state index contributed by atoms with van der Waals surface area (Å²) in [5, 5.41) is 7.86. The van der Waals surface area contributed by atoms with Crippen molar-refractivity contribution < 1.29 is 32.5 Å². The predicted octanol–water partition coefficient (Wildman–Crippen LogP) is 1.73. The van der Waals surface area contributed by atoms with Crippen molar-refractivity contribution in [2.75, 3.05) is 0 Å². The van der Waals surface area contributed by atoms with Crippen LogP contribution in [0, 0.1) is 0 Å². The van der Waals surface area contributed by atoms with Gasteiger partial charge in [0.2, 0.25) is 0 Å². The van der Waals surface area contributed by atoms with E-state index in [0.717, 1.165) is 0 Å². The Bertz CT molecular complexity index is 182. The molecule has 0 aromatic carbocycles. The van der Waals surface area contributed by atoms with Crippen molar-refractivity contribution in [2.24, 2.45) is 0 Å². The number of halogens is 3. The second-order valence-corrected chi connectivity index (χ2v) is 1.54. The van der Waals surface area contributed by atoms with Crippen molar-refractivity contribution in [3.05, 3.63) is 12.5 Å². The standard InChI is InChI=1S/C5H5F3O4/c1-2(12-5(9)10)11-4(8)3(6)7/h3-4H,1H2,(H,9,10). The molecule has 70 valence electrons. The quantitative estimate of drug-likeness (QED) is 0.536. The van der Waals surface area contributed by atoms with Crippen LogP contribution in [0.3, 0.4) is 0 Å². The molecule has 0 rings (SSSR count). The molecule has 0 saturated heterocycles. The molecule has 0 aliphatic carbocycles. The van der Waals surface area contributed by atoms with Crippen molar-refractivity contribution in [1.82, 2.24) is 0 Å². The smallest absolute Gasteiger partial charge is 0.449 e. The maximum absolute atomic E-state index is 11.9. The largest absolute Gasteiger partial charge is 0.513 e. The number of carbonyl (C=O) groups is 1. The molecule has 0 aliphatic heterocycles. The minimum Gasteiger partial charge on any atom is -0.449 e. The summed E-state index contributed by atoms with van der Waals surface area (Å²) in [5.74, 6) is -1.03. The minimum atomic E-state index is -3.38. The van der Waals surface area contributed by atoms with Gasteiger partial charge in [-0.2, -0.15) is 4.39 Å². The highest BCUT2D eigenvalue weighted by Gasteiger charge is 2.22. The van der Waals surface area contributed by atoms with Crippen LogP contribution in [0.5, 0.6) is 0 Å². The van der Waals surface area contributed by atoms with Crippen molar-refractivity contribution in [2.45, 2.75) is 12.8 Å². The Balaban J connectivity index is 3.77. The van der Waals surface area contributed by atoms with E-state index >= 15 is 0 Å². The van der Waals surface area contributed by atoms with Crippen LogP contribution in [0.25, 0.3) is 0 Å². The monoisotopic (exact) mass is 186 g/mol. The van der Waals surface area contributed by atoms with Crippen LogP contribution in [0.4, 0.5) is 18.0 Å². The summed E-state index contributed by atoms with van der Waals surface area (Å²) in [6, 6.07) is 0. The average Bonchev–Trinajstić information content (AvgIpc) is 1.84. The molecule has 0 spiro atoms. The highest BCUT2D eigenvalue weighted by molar-refractivity contribution is 5.57. The number of alkyl halides is 3. The van der Waals surface area contributed by atoms with E-state index in [1.54, 1.807) is 0 Å². The molecule has 1 atom stereocenters. The van der Waals surface area contributed by atoms with Gasteiger partial charge in [0.15, 0.2) is 0 Å². The second-order valence-electron chi connectivity index (χ2n) is 1.54. The summed E-state index contributed by atoms with van der Waals surface area (Å²) in [5.41, 5.74) is 0. The lowest BCUT2D eigenvalue weighted by Gasteiger charge is -2.09. The van der Waals surface area contributed by atoms with E-state index in [4.69, 9.17) is 5.11 Å². The fraction of sp³-hybridized carbons (Fsp3) is 0.400. The van der Waals surface area contributed by atoms with E-state index in [-0.39, 0.29) is 0 Å². The third-order valence-corrected chi connectivity index (χ3v) is 0.643. The molecule has 4 nitrogen and oxygen atoms in total. The van der Waals surface area contributed by atoms with Crippen LogP contribution in [0.2, 0.25) is 0 Å². The van der Waals surface area contributed by atoms with E-state index < -0.39 is 24.9 Å². The molecule has 0 bridgehead atoms. The first-order valence-electron chi connectivity index (χ1n) is 2.62. The van der Waals surface area contributed by atoms with Crippen LogP contribution in [0.15, 0.2) is 12.5 Å². The SMILES string of the molecule is C=C(OC(=O)O)OC(F)C(F)F. The number of carboxylic acid groups (broad SMARTS) is 1. The molecule has 0 saturated carbocycles. The summed E-state index contributed by atoms with van der Waals surface area (Å²) < 4.78 is 41.9. The van der Waals surface area contributed by atoms with Gasteiger partial charge in [-0.15, -0.1) is 0 Å². The molecule has 12 heavy (non-hydrogen) atoms. The molecule has 0 radical (unpaired) electrons. The highest BCUT2D eigenvalue weighted by atomic mass is 19.3. The van der Waals surface area contributed by atoms with Crippen LogP contribution in [0.1, 0.15) is 0 Å². The molecule has 0 aromatic heterocycles. The lowest BCUT2D eigenvalue weighted by molar-refractivity contribution is -0.130. The third-order valence-electron chi connectivity index (χ3n) is 0.643. The molecule has 0 aliphatic rings. The Morgan fingerprint density at radius 1 is 1.42 bits per heavy atom. The van der Waals surface area contributed by atoms with Crippen LogP contribution < -0.4 is 0 Å². The number of ether oxygens (including phenoxy) is 2. The van der Waals surface area contributed by atoms with Gasteiger partial charge in [-0.25, -0.2) is 13.6 Å². The lowest BCUT2D eigenvalue weighted by atomic mass is 10.7. The first-order valence-corrected chi connectivity index (χ1v) is 2.62. The Hall–Kier alpha value is -1.40. The topological polar surface area (TPSA) is 55.8 Å². The van der Waals surface area contributed by atoms with Gasteiger partial charge in [0.05, 0.1) is 0 Å². The van der Waals surface area contributed by atoms with Gasteiger partial charge < -0.3 is 14.6 Å². The predicted molar refractivity (Wildman–Crippen MR) is 30.2 cm³/mol. The molecule has 7 heteroatoms. The number of hydrogen-bond donors (Lipinski definition) is 1. The van der Waals surface area contributed by atoms with Gasteiger partial charge in [0.25, 0.3) is 5.95 Å². The van der Waals surface area contributed by atoms with E-state index in [1.165, 1.54) is 0 Å². The zero-order valence-electron chi connectivity index (χ0n) is 5.67. The van der Waals surface area contributed by atoms with Crippen molar-refractivity contribution in [1.29, 1.82) is 0 Å². The van der Waals surface area contributed by atoms with Gasteiger partial charge in [-0.1, -0.05) is 0 Å².